The second kappa shape index (κ2) is 10.9. The van der Waals surface area contributed by atoms with Crippen molar-refractivity contribution in [2.24, 2.45) is 19.2 Å². The predicted molar refractivity (Wildman–Crippen MR) is 178 cm³/mol. The first kappa shape index (κ1) is 27.2. The molecule has 1 N–H and O–H groups in total. The SMILES string of the molecule is Cn1c(=O)cc(N2N=C(c3c(O)c4ccccc4n(C)c3=O)CC2c2ccc(/C=C/c3ccccc3)cc2)c2ccccc21. The van der Waals surface area contributed by atoms with E-state index < -0.39 is 0 Å². The largest absolute Gasteiger partial charge is 0.506 e. The molecule has 0 saturated heterocycles. The van der Waals surface area contributed by atoms with Crippen molar-refractivity contribution in [3.8, 4) is 5.75 Å². The highest BCUT2D eigenvalue weighted by Gasteiger charge is 2.34. The number of para-hydroxylation sites is 2. The molecule has 0 bridgehead atoms. The number of fused-ring (bicyclic) bond motifs is 2. The minimum atomic E-state index is -0.323. The Morgan fingerprint density at radius 1 is 0.727 bits per heavy atom. The van der Waals surface area contributed by atoms with Crippen molar-refractivity contribution in [1.29, 1.82) is 0 Å². The van der Waals surface area contributed by atoms with Crippen LogP contribution in [0.25, 0.3) is 34.0 Å². The number of hydrogen-bond acceptors (Lipinski definition) is 5. The molecule has 44 heavy (non-hydrogen) atoms. The third-order valence-corrected chi connectivity index (χ3v) is 8.44. The zero-order valence-electron chi connectivity index (χ0n) is 24.4. The monoisotopic (exact) mass is 578 g/mol. The number of nitrogens with zero attached hydrogens (tertiary/aromatic N) is 4. The number of benzene rings is 4. The molecule has 0 spiro atoms. The van der Waals surface area contributed by atoms with Crippen molar-refractivity contribution in [2.45, 2.75) is 12.5 Å². The lowest BCUT2D eigenvalue weighted by Crippen LogP contribution is -2.24. The second-order valence-electron chi connectivity index (χ2n) is 11.1. The van der Waals surface area contributed by atoms with Crippen LogP contribution in [0.5, 0.6) is 5.75 Å². The third-order valence-electron chi connectivity index (χ3n) is 8.44. The summed E-state index contributed by atoms with van der Waals surface area (Å²) in [6.45, 7) is 0. The lowest BCUT2D eigenvalue weighted by atomic mass is 9.96. The van der Waals surface area contributed by atoms with Gasteiger partial charge in [0.05, 0.1) is 28.5 Å². The zero-order valence-corrected chi connectivity index (χ0v) is 24.4. The molecule has 216 valence electrons. The fraction of sp³-hybridized carbons (Fsp3) is 0.108. The van der Waals surface area contributed by atoms with Crippen LogP contribution in [0.2, 0.25) is 0 Å². The molecule has 6 aromatic rings. The Kier molecular flexibility index (Phi) is 6.70. The van der Waals surface area contributed by atoms with Gasteiger partial charge >= 0.3 is 0 Å². The van der Waals surface area contributed by atoms with Gasteiger partial charge < -0.3 is 14.2 Å². The highest BCUT2D eigenvalue weighted by Crippen LogP contribution is 2.40. The number of aromatic hydroxyl groups is 1. The Balaban J connectivity index is 1.37. The first-order valence-electron chi connectivity index (χ1n) is 14.5. The van der Waals surface area contributed by atoms with E-state index in [9.17, 15) is 14.7 Å². The number of hydrazone groups is 1. The van der Waals surface area contributed by atoms with Crippen molar-refractivity contribution in [3.05, 3.63) is 152 Å². The molecule has 1 unspecified atom stereocenters. The van der Waals surface area contributed by atoms with Gasteiger partial charge in [-0.15, -0.1) is 0 Å². The normalized spacial score (nSPS) is 15.0. The van der Waals surface area contributed by atoms with Gasteiger partial charge in [0.2, 0.25) is 0 Å². The molecular formula is C37H30N4O3. The fourth-order valence-corrected chi connectivity index (χ4v) is 6.05. The molecule has 1 aliphatic heterocycles. The van der Waals surface area contributed by atoms with Crippen LogP contribution in [0.15, 0.2) is 124 Å². The third kappa shape index (κ3) is 4.59. The summed E-state index contributed by atoms with van der Waals surface area (Å²) in [5, 5.41) is 19.7. The van der Waals surface area contributed by atoms with Crippen LogP contribution in [0.3, 0.4) is 0 Å². The number of hydrogen-bond donors (Lipinski definition) is 1. The van der Waals surface area contributed by atoms with E-state index in [2.05, 4.69) is 48.6 Å². The molecule has 1 aliphatic rings. The lowest BCUT2D eigenvalue weighted by molar-refractivity contribution is 0.478. The standard InChI is InChI=1S/C37H30N4O3/c1-39-30-14-8-6-12-27(30)33(23-34(39)42)41-32(26-20-18-25(19-21-26)17-16-24-10-4-3-5-11-24)22-29(38-41)35-36(43)28-13-7-9-15-31(28)40(2)37(35)44/h3-21,23,32,43H,22H2,1-2H3/b17-16+. The molecule has 7 rings (SSSR count). The summed E-state index contributed by atoms with van der Waals surface area (Å²) in [4.78, 5) is 26.8. The van der Waals surface area contributed by atoms with Crippen molar-refractivity contribution in [1.82, 2.24) is 9.13 Å². The van der Waals surface area contributed by atoms with E-state index in [1.54, 1.807) is 35.4 Å². The Hall–Kier alpha value is -5.69. The first-order chi connectivity index (χ1) is 21.4. The Morgan fingerprint density at radius 2 is 1.32 bits per heavy atom. The van der Waals surface area contributed by atoms with Crippen LogP contribution in [0, 0.1) is 0 Å². The van der Waals surface area contributed by atoms with Gasteiger partial charge in [0, 0.05) is 37.4 Å². The van der Waals surface area contributed by atoms with Gasteiger partial charge in [-0.25, -0.2) is 0 Å². The summed E-state index contributed by atoms with van der Waals surface area (Å²) < 4.78 is 3.17. The number of rotatable bonds is 5. The number of aromatic nitrogens is 2. The Labute approximate surface area is 253 Å². The van der Waals surface area contributed by atoms with Gasteiger partial charge in [0.15, 0.2) is 0 Å². The van der Waals surface area contributed by atoms with Gasteiger partial charge in [-0.05, 0) is 34.9 Å². The van der Waals surface area contributed by atoms with Crippen molar-refractivity contribution in [3.63, 3.8) is 0 Å². The molecule has 2 aromatic heterocycles. The summed E-state index contributed by atoms with van der Waals surface area (Å²) in [7, 11) is 3.46. The van der Waals surface area contributed by atoms with Crippen LogP contribution in [-0.2, 0) is 14.1 Å². The van der Waals surface area contributed by atoms with E-state index in [1.165, 1.54) is 0 Å². The average molecular weight is 579 g/mol. The molecule has 7 heteroatoms. The van der Waals surface area contributed by atoms with E-state index in [-0.39, 0.29) is 28.5 Å². The number of pyridine rings is 2. The van der Waals surface area contributed by atoms with Gasteiger partial charge in [-0.3, -0.25) is 14.6 Å². The van der Waals surface area contributed by atoms with E-state index in [1.807, 2.05) is 65.7 Å². The molecule has 4 aromatic carbocycles. The number of anilines is 1. The molecule has 3 heterocycles. The highest BCUT2D eigenvalue weighted by atomic mass is 16.3. The van der Waals surface area contributed by atoms with E-state index >= 15 is 0 Å². The molecule has 0 aliphatic carbocycles. The van der Waals surface area contributed by atoms with Gasteiger partial charge in [0.1, 0.15) is 11.3 Å². The molecule has 0 amide bonds. The summed E-state index contributed by atoms with van der Waals surface area (Å²) in [5.41, 5.74) is 5.37. The maximum atomic E-state index is 13.7. The smallest absolute Gasteiger partial charge is 0.263 e. The summed E-state index contributed by atoms with van der Waals surface area (Å²) >= 11 is 0. The Bertz CT molecular complexity index is 2230. The van der Waals surface area contributed by atoms with Crippen LogP contribution >= 0.6 is 0 Å². The molecule has 0 fully saturated rings. The maximum absolute atomic E-state index is 13.7. The van der Waals surface area contributed by atoms with Crippen LogP contribution in [-0.4, -0.2) is 20.0 Å². The molecule has 0 radical (unpaired) electrons. The maximum Gasteiger partial charge on any atom is 0.263 e. The minimum absolute atomic E-state index is 0.0849. The van der Waals surface area contributed by atoms with E-state index in [0.29, 0.717) is 28.7 Å². The quantitative estimate of drug-likeness (QED) is 0.233. The van der Waals surface area contributed by atoms with Gasteiger partial charge in [-0.1, -0.05) is 97.1 Å². The molecule has 0 saturated carbocycles. The summed E-state index contributed by atoms with van der Waals surface area (Å²) in [6.07, 6.45) is 4.50. The van der Waals surface area contributed by atoms with Crippen molar-refractivity contribution < 1.29 is 5.11 Å². The second-order valence-corrected chi connectivity index (χ2v) is 11.1. The minimum Gasteiger partial charge on any atom is -0.506 e. The average Bonchev–Trinajstić information content (AvgIpc) is 3.50. The number of aryl methyl sites for hydroxylation is 2. The molecule has 7 nitrogen and oxygen atoms in total. The molecular weight excluding hydrogens is 548 g/mol. The van der Waals surface area contributed by atoms with E-state index in [0.717, 1.165) is 27.6 Å². The van der Waals surface area contributed by atoms with Crippen molar-refractivity contribution in [2.75, 3.05) is 5.01 Å². The van der Waals surface area contributed by atoms with Gasteiger partial charge in [-0.2, -0.15) is 5.10 Å². The zero-order chi connectivity index (χ0) is 30.4. The highest BCUT2D eigenvalue weighted by molar-refractivity contribution is 6.09. The topological polar surface area (TPSA) is 79.8 Å². The predicted octanol–water partition coefficient (Wildman–Crippen LogP) is 6.62. The summed E-state index contributed by atoms with van der Waals surface area (Å²) in [6, 6.07) is 34.6. The lowest BCUT2D eigenvalue weighted by Gasteiger charge is -2.25. The van der Waals surface area contributed by atoms with Crippen LogP contribution < -0.4 is 16.1 Å². The van der Waals surface area contributed by atoms with E-state index in [4.69, 9.17) is 5.10 Å². The van der Waals surface area contributed by atoms with Crippen LogP contribution in [0.1, 0.15) is 34.7 Å². The van der Waals surface area contributed by atoms with Crippen molar-refractivity contribution >= 4 is 45.4 Å². The fourth-order valence-electron chi connectivity index (χ4n) is 6.05. The van der Waals surface area contributed by atoms with Gasteiger partial charge in [0.25, 0.3) is 11.1 Å². The molecule has 1 atom stereocenters. The first-order valence-corrected chi connectivity index (χ1v) is 14.5. The summed E-state index contributed by atoms with van der Waals surface area (Å²) in [5.74, 6) is -0.0849. The van der Waals surface area contributed by atoms with Crippen LogP contribution in [0.4, 0.5) is 5.69 Å². The Morgan fingerprint density at radius 3 is 2.02 bits per heavy atom.